The summed E-state index contributed by atoms with van der Waals surface area (Å²) in [7, 11) is 0. The standard InChI is InChI=1S/C21H19FN2O3S/c1-12-4-9-17(10-13(12)2)24-18(25)11-27-21(26)19-14(3)23-20(28-19)15-5-7-16(22)8-6-15/h4-10H,11H2,1-3H3,(H,24,25). The summed E-state index contributed by atoms with van der Waals surface area (Å²) in [6.07, 6.45) is 0. The van der Waals surface area contributed by atoms with Crippen LogP contribution in [-0.2, 0) is 9.53 Å². The lowest BCUT2D eigenvalue weighted by atomic mass is 10.1. The van der Waals surface area contributed by atoms with Crippen molar-refractivity contribution in [3.8, 4) is 10.6 Å². The Morgan fingerprint density at radius 1 is 1.07 bits per heavy atom. The number of aryl methyl sites for hydroxylation is 3. The number of rotatable bonds is 5. The molecule has 0 unspecified atom stereocenters. The molecule has 0 aliphatic rings. The molecule has 1 aromatic heterocycles. The third-order valence-electron chi connectivity index (χ3n) is 4.20. The van der Waals surface area contributed by atoms with Gasteiger partial charge in [-0.15, -0.1) is 11.3 Å². The Bertz CT molecular complexity index is 1030. The number of hydrogen-bond donors (Lipinski definition) is 1. The Labute approximate surface area is 166 Å². The smallest absolute Gasteiger partial charge is 0.350 e. The van der Waals surface area contributed by atoms with Crippen LogP contribution in [0.25, 0.3) is 10.6 Å². The third kappa shape index (κ3) is 4.61. The molecule has 0 bridgehead atoms. The summed E-state index contributed by atoms with van der Waals surface area (Å²) in [5, 5.41) is 3.29. The number of amides is 1. The predicted octanol–water partition coefficient (Wildman–Crippen LogP) is 4.67. The first-order valence-electron chi connectivity index (χ1n) is 8.61. The van der Waals surface area contributed by atoms with Crippen molar-refractivity contribution in [1.29, 1.82) is 0 Å². The molecule has 0 aliphatic carbocycles. The predicted molar refractivity (Wildman–Crippen MR) is 107 cm³/mol. The van der Waals surface area contributed by atoms with Crippen LogP contribution in [0.15, 0.2) is 42.5 Å². The molecule has 144 valence electrons. The van der Waals surface area contributed by atoms with Gasteiger partial charge in [-0.2, -0.15) is 0 Å². The van der Waals surface area contributed by atoms with Crippen LogP contribution in [0.4, 0.5) is 10.1 Å². The van der Waals surface area contributed by atoms with Crippen LogP contribution in [0.5, 0.6) is 0 Å². The molecule has 0 radical (unpaired) electrons. The Balaban J connectivity index is 1.62. The van der Waals surface area contributed by atoms with Crippen LogP contribution in [0.1, 0.15) is 26.5 Å². The first-order chi connectivity index (χ1) is 13.3. The minimum absolute atomic E-state index is 0.318. The number of ether oxygens (including phenoxy) is 1. The normalized spacial score (nSPS) is 10.6. The average molecular weight is 398 g/mol. The highest BCUT2D eigenvalue weighted by Gasteiger charge is 2.19. The number of nitrogens with zero attached hydrogens (tertiary/aromatic N) is 1. The maximum absolute atomic E-state index is 13.1. The van der Waals surface area contributed by atoms with Gasteiger partial charge in [0.2, 0.25) is 0 Å². The maximum atomic E-state index is 13.1. The monoisotopic (exact) mass is 398 g/mol. The number of halogens is 1. The zero-order chi connectivity index (χ0) is 20.3. The molecule has 0 aliphatic heterocycles. The lowest BCUT2D eigenvalue weighted by Gasteiger charge is -2.08. The number of hydrogen-bond acceptors (Lipinski definition) is 5. The molecule has 0 spiro atoms. The van der Waals surface area contributed by atoms with Gasteiger partial charge in [0.15, 0.2) is 6.61 Å². The van der Waals surface area contributed by atoms with Gasteiger partial charge in [0.05, 0.1) is 5.69 Å². The fourth-order valence-corrected chi connectivity index (χ4v) is 3.48. The second-order valence-corrected chi connectivity index (χ2v) is 7.36. The van der Waals surface area contributed by atoms with Crippen LogP contribution < -0.4 is 5.32 Å². The number of nitrogens with one attached hydrogen (secondary N) is 1. The van der Waals surface area contributed by atoms with Gasteiger partial charge in [0.1, 0.15) is 15.7 Å². The van der Waals surface area contributed by atoms with Crippen molar-refractivity contribution in [2.75, 3.05) is 11.9 Å². The minimum atomic E-state index is -0.612. The highest BCUT2D eigenvalue weighted by Crippen LogP contribution is 2.28. The minimum Gasteiger partial charge on any atom is -0.451 e. The number of thiazole rings is 1. The van der Waals surface area contributed by atoms with Gasteiger partial charge in [-0.25, -0.2) is 14.2 Å². The van der Waals surface area contributed by atoms with E-state index in [1.807, 2.05) is 26.0 Å². The van der Waals surface area contributed by atoms with Crippen molar-refractivity contribution in [3.63, 3.8) is 0 Å². The summed E-state index contributed by atoms with van der Waals surface area (Å²) in [6.45, 7) is 5.24. The van der Waals surface area contributed by atoms with Crippen molar-refractivity contribution in [1.82, 2.24) is 4.98 Å². The summed E-state index contributed by atoms with van der Waals surface area (Å²) in [4.78, 5) is 29.0. The Kier molecular flexibility index (Phi) is 5.84. The fraction of sp³-hybridized carbons (Fsp3) is 0.190. The summed E-state index contributed by atoms with van der Waals surface area (Å²) >= 11 is 1.15. The maximum Gasteiger partial charge on any atom is 0.350 e. The van der Waals surface area contributed by atoms with Crippen LogP contribution in [0.2, 0.25) is 0 Å². The molecule has 7 heteroatoms. The fourth-order valence-electron chi connectivity index (χ4n) is 2.51. The number of carbonyl (C=O) groups excluding carboxylic acids is 2. The molecule has 1 amide bonds. The van der Waals surface area contributed by atoms with E-state index in [4.69, 9.17) is 4.74 Å². The van der Waals surface area contributed by atoms with Gasteiger partial charge >= 0.3 is 5.97 Å². The van der Waals surface area contributed by atoms with Crippen molar-refractivity contribution in [2.24, 2.45) is 0 Å². The molecule has 28 heavy (non-hydrogen) atoms. The number of aromatic nitrogens is 1. The Morgan fingerprint density at radius 3 is 2.46 bits per heavy atom. The lowest BCUT2D eigenvalue weighted by Crippen LogP contribution is -2.21. The molecule has 1 N–H and O–H groups in total. The zero-order valence-corrected chi connectivity index (χ0v) is 16.5. The molecular formula is C21H19FN2O3S. The second kappa shape index (κ2) is 8.31. The number of carbonyl (C=O) groups is 2. The van der Waals surface area contributed by atoms with Gasteiger partial charge in [-0.05, 0) is 68.3 Å². The second-order valence-electron chi connectivity index (χ2n) is 6.36. The van der Waals surface area contributed by atoms with Crippen LogP contribution in [0.3, 0.4) is 0 Å². The van der Waals surface area contributed by atoms with E-state index in [-0.39, 0.29) is 5.82 Å². The number of anilines is 1. The lowest BCUT2D eigenvalue weighted by molar-refractivity contribution is -0.119. The Hall–Kier alpha value is -3.06. The van der Waals surface area contributed by atoms with E-state index < -0.39 is 18.5 Å². The van der Waals surface area contributed by atoms with E-state index in [0.717, 1.165) is 22.5 Å². The van der Waals surface area contributed by atoms with Crippen LogP contribution in [-0.4, -0.2) is 23.5 Å². The van der Waals surface area contributed by atoms with Gasteiger partial charge in [0.25, 0.3) is 5.91 Å². The van der Waals surface area contributed by atoms with Crippen molar-refractivity contribution >= 4 is 28.9 Å². The van der Waals surface area contributed by atoms with E-state index in [1.54, 1.807) is 25.1 Å². The van der Waals surface area contributed by atoms with Gasteiger partial charge in [-0.3, -0.25) is 4.79 Å². The summed E-state index contributed by atoms with van der Waals surface area (Å²) in [5.74, 6) is -1.37. The number of esters is 1. The first kappa shape index (κ1) is 19.7. The van der Waals surface area contributed by atoms with E-state index >= 15 is 0 Å². The third-order valence-corrected chi connectivity index (χ3v) is 5.38. The highest BCUT2D eigenvalue weighted by atomic mass is 32.1. The van der Waals surface area contributed by atoms with E-state index in [2.05, 4.69) is 10.3 Å². The van der Waals surface area contributed by atoms with Gasteiger partial charge in [0, 0.05) is 11.3 Å². The summed E-state index contributed by atoms with van der Waals surface area (Å²) in [6, 6.07) is 11.4. The average Bonchev–Trinajstić information content (AvgIpc) is 3.05. The van der Waals surface area contributed by atoms with Gasteiger partial charge in [-0.1, -0.05) is 6.07 Å². The molecule has 0 saturated carbocycles. The van der Waals surface area contributed by atoms with Crippen molar-refractivity contribution in [3.05, 3.63) is 70.0 Å². The molecule has 3 aromatic rings. The van der Waals surface area contributed by atoms with Crippen molar-refractivity contribution < 1.29 is 18.7 Å². The summed E-state index contributed by atoms with van der Waals surface area (Å²) in [5.41, 5.74) is 4.05. The molecule has 2 aromatic carbocycles. The van der Waals surface area contributed by atoms with Gasteiger partial charge < -0.3 is 10.1 Å². The van der Waals surface area contributed by atoms with E-state index in [9.17, 15) is 14.0 Å². The topological polar surface area (TPSA) is 68.3 Å². The quantitative estimate of drug-likeness (QED) is 0.634. The SMILES string of the molecule is Cc1ccc(NC(=O)COC(=O)c2sc(-c3ccc(F)cc3)nc2C)cc1C. The molecule has 5 nitrogen and oxygen atoms in total. The molecule has 0 saturated heterocycles. The van der Waals surface area contributed by atoms with E-state index in [0.29, 0.717) is 26.8 Å². The summed E-state index contributed by atoms with van der Waals surface area (Å²) < 4.78 is 18.2. The highest BCUT2D eigenvalue weighted by molar-refractivity contribution is 7.17. The zero-order valence-electron chi connectivity index (χ0n) is 15.7. The first-order valence-corrected chi connectivity index (χ1v) is 9.42. The van der Waals surface area contributed by atoms with Crippen LogP contribution in [0, 0.1) is 26.6 Å². The molecule has 1 heterocycles. The Morgan fingerprint density at radius 2 is 1.79 bits per heavy atom. The molecule has 0 fully saturated rings. The molecule has 0 atom stereocenters. The molecular weight excluding hydrogens is 379 g/mol. The largest absolute Gasteiger partial charge is 0.451 e. The van der Waals surface area contributed by atoms with Crippen LogP contribution >= 0.6 is 11.3 Å². The van der Waals surface area contributed by atoms with E-state index in [1.165, 1.54) is 12.1 Å². The molecule has 3 rings (SSSR count). The number of benzene rings is 2. The van der Waals surface area contributed by atoms with Crippen molar-refractivity contribution in [2.45, 2.75) is 20.8 Å².